The van der Waals surface area contributed by atoms with Crippen molar-refractivity contribution in [2.75, 3.05) is 13.1 Å². The van der Waals surface area contributed by atoms with Crippen molar-refractivity contribution in [2.45, 2.75) is 38.5 Å². The molecule has 25 heavy (non-hydrogen) atoms. The minimum absolute atomic E-state index is 0.153. The van der Waals surface area contributed by atoms with Gasteiger partial charge in [0.1, 0.15) is 0 Å². The van der Waals surface area contributed by atoms with E-state index in [1.165, 1.54) is 5.39 Å². The second-order valence-corrected chi connectivity index (χ2v) is 7.13. The molecule has 2 atom stereocenters. The summed E-state index contributed by atoms with van der Waals surface area (Å²) in [5.41, 5.74) is 6.31. The summed E-state index contributed by atoms with van der Waals surface area (Å²) < 4.78 is 0. The maximum absolute atomic E-state index is 13.0. The lowest BCUT2D eigenvalue weighted by Crippen LogP contribution is -2.42. The zero-order chi connectivity index (χ0) is 17.8. The number of carbonyl (C=O) groups is 2. The SMILES string of the molecule is C[C@@H](C(=O)N1CCC[C@H](CCC(N)=O)C1)c1ccc2ccccc2c1. The van der Waals surface area contributed by atoms with Gasteiger partial charge in [0.15, 0.2) is 0 Å². The first-order valence-corrected chi connectivity index (χ1v) is 9.10. The number of carbonyl (C=O) groups excluding carboxylic acids is 2. The van der Waals surface area contributed by atoms with Crippen molar-refractivity contribution in [2.24, 2.45) is 11.7 Å². The Kier molecular flexibility index (Phi) is 5.37. The molecular weight excluding hydrogens is 312 g/mol. The normalized spacial score (nSPS) is 18.9. The first-order valence-electron chi connectivity index (χ1n) is 9.10. The smallest absolute Gasteiger partial charge is 0.229 e. The summed E-state index contributed by atoms with van der Waals surface area (Å²) in [7, 11) is 0. The quantitative estimate of drug-likeness (QED) is 0.907. The van der Waals surface area contributed by atoms with Crippen LogP contribution in [0.3, 0.4) is 0 Å². The van der Waals surface area contributed by atoms with Crippen molar-refractivity contribution < 1.29 is 9.59 Å². The number of hydrogen-bond acceptors (Lipinski definition) is 2. The van der Waals surface area contributed by atoms with Gasteiger partial charge in [-0.1, -0.05) is 42.5 Å². The molecule has 0 saturated carbocycles. The van der Waals surface area contributed by atoms with Crippen LogP contribution in [0.25, 0.3) is 10.8 Å². The molecule has 1 heterocycles. The summed E-state index contributed by atoms with van der Waals surface area (Å²) in [4.78, 5) is 25.9. The third-order valence-corrected chi connectivity index (χ3v) is 5.27. The number of fused-ring (bicyclic) bond motifs is 1. The lowest BCUT2D eigenvalue weighted by Gasteiger charge is -2.34. The van der Waals surface area contributed by atoms with Gasteiger partial charge < -0.3 is 10.6 Å². The van der Waals surface area contributed by atoms with E-state index < -0.39 is 0 Å². The van der Waals surface area contributed by atoms with Crippen LogP contribution in [0.1, 0.15) is 44.1 Å². The molecule has 1 fully saturated rings. The monoisotopic (exact) mass is 338 g/mol. The molecule has 3 rings (SSSR count). The fraction of sp³-hybridized carbons (Fsp3) is 0.429. The molecule has 4 nitrogen and oxygen atoms in total. The molecule has 132 valence electrons. The number of benzene rings is 2. The number of nitrogens with two attached hydrogens (primary N) is 1. The molecule has 4 heteroatoms. The first kappa shape index (κ1) is 17.5. The lowest BCUT2D eigenvalue weighted by molar-refractivity contribution is -0.134. The summed E-state index contributed by atoms with van der Waals surface area (Å²) in [6, 6.07) is 14.5. The largest absolute Gasteiger partial charge is 0.370 e. The second-order valence-electron chi connectivity index (χ2n) is 7.13. The van der Waals surface area contributed by atoms with Gasteiger partial charge in [0.05, 0.1) is 5.92 Å². The standard InChI is InChI=1S/C21H26N2O2/c1-15(18-10-9-17-6-2-3-7-19(17)13-18)21(25)23-12-4-5-16(14-23)8-11-20(22)24/h2-3,6-7,9-10,13,15-16H,4-5,8,11-12,14H2,1H3,(H2,22,24)/t15-,16-/m1/s1. The topological polar surface area (TPSA) is 63.4 Å². The van der Waals surface area contributed by atoms with E-state index in [0.29, 0.717) is 12.3 Å². The molecular formula is C21H26N2O2. The molecule has 2 amide bonds. The fourth-order valence-electron chi connectivity index (χ4n) is 3.74. The van der Waals surface area contributed by atoms with Gasteiger partial charge in [-0.05, 0) is 48.4 Å². The Morgan fingerprint density at radius 2 is 1.96 bits per heavy atom. The van der Waals surface area contributed by atoms with E-state index in [2.05, 4.69) is 30.3 Å². The van der Waals surface area contributed by atoms with Gasteiger partial charge >= 0.3 is 0 Å². The maximum atomic E-state index is 13.0. The molecule has 2 aromatic rings. The highest BCUT2D eigenvalue weighted by atomic mass is 16.2. The third-order valence-electron chi connectivity index (χ3n) is 5.27. The minimum atomic E-state index is -0.256. The van der Waals surface area contributed by atoms with Gasteiger partial charge in [-0.2, -0.15) is 0 Å². The van der Waals surface area contributed by atoms with E-state index in [-0.39, 0.29) is 17.7 Å². The van der Waals surface area contributed by atoms with E-state index >= 15 is 0 Å². The summed E-state index contributed by atoms with van der Waals surface area (Å²) in [5.74, 6) is 0.153. The zero-order valence-electron chi connectivity index (χ0n) is 14.8. The van der Waals surface area contributed by atoms with Gasteiger partial charge in [0.2, 0.25) is 11.8 Å². The number of primary amides is 1. The van der Waals surface area contributed by atoms with E-state index in [4.69, 9.17) is 5.73 Å². The zero-order valence-corrected chi connectivity index (χ0v) is 14.8. The van der Waals surface area contributed by atoms with E-state index in [1.54, 1.807) is 0 Å². The highest BCUT2D eigenvalue weighted by molar-refractivity contribution is 5.87. The predicted octanol–water partition coefficient (Wildman–Crippen LogP) is 3.45. The van der Waals surface area contributed by atoms with Crippen molar-refractivity contribution in [1.29, 1.82) is 0 Å². The van der Waals surface area contributed by atoms with Crippen LogP contribution in [-0.4, -0.2) is 29.8 Å². The summed E-state index contributed by atoms with van der Waals surface area (Å²) >= 11 is 0. The number of rotatable bonds is 5. The summed E-state index contributed by atoms with van der Waals surface area (Å²) in [5, 5.41) is 2.35. The Morgan fingerprint density at radius 3 is 2.72 bits per heavy atom. The van der Waals surface area contributed by atoms with Gasteiger partial charge in [0, 0.05) is 19.5 Å². The predicted molar refractivity (Wildman–Crippen MR) is 100 cm³/mol. The van der Waals surface area contributed by atoms with Crippen LogP contribution in [0.15, 0.2) is 42.5 Å². The van der Waals surface area contributed by atoms with Gasteiger partial charge in [-0.25, -0.2) is 0 Å². The fourth-order valence-corrected chi connectivity index (χ4v) is 3.74. The molecule has 1 saturated heterocycles. The molecule has 0 spiro atoms. The maximum Gasteiger partial charge on any atom is 0.229 e. The molecule has 2 aromatic carbocycles. The molecule has 1 aliphatic heterocycles. The Balaban J connectivity index is 1.69. The van der Waals surface area contributed by atoms with Gasteiger partial charge in [-0.15, -0.1) is 0 Å². The van der Waals surface area contributed by atoms with Gasteiger partial charge in [-0.3, -0.25) is 9.59 Å². The minimum Gasteiger partial charge on any atom is -0.370 e. The summed E-state index contributed by atoms with van der Waals surface area (Å²) in [6.45, 7) is 3.54. The Bertz CT molecular complexity index is 771. The Labute approximate surface area is 149 Å². The van der Waals surface area contributed by atoms with Crippen LogP contribution in [-0.2, 0) is 9.59 Å². The van der Waals surface area contributed by atoms with Crippen molar-refractivity contribution in [1.82, 2.24) is 4.90 Å². The Morgan fingerprint density at radius 1 is 1.20 bits per heavy atom. The van der Waals surface area contributed by atoms with Crippen molar-refractivity contribution >= 4 is 22.6 Å². The highest BCUT2D eigenvalue weighted by Crippen LogP contribution is 2.27. The molecule has 0 aliphatic carbocycles. The van der Waals surface area contributed by atoms with E-state index in [0.717, 1.165) is 43.3 Å². The lowest BCUT2D eigenvalue weighted by atomic mass is 9.91. The molecule has 0 unspecified atom stereocenters. The van der Waals surface area contributed by atoms with Gasteiger partial charge in [0.25, 0.3) is 0 Å². The number of likely N-dealkylation sites (tertiary alicyclic amines) is 1. The molecule has 0 aromatic heterocycles. The molecule has 2 N–H and O–H groups in total. The van der Waals surface area contributed by atoms with Crippen LogP contribution < -0.4 is 5.73 Å². The van der Waals surface area contributed by atoms with E-state index in [9.17, 15) is 9.59 Å². The number of nitrogens with zero attached hydrogens (tertiary/aromatic N) is 1. The summed E-state index contributed by atoms with van der Waals surface area (Å²) in [6.07, 6.45) is 3.26. The average molecular weight is 338 g/mol. The van der Waals surface area contributed by atoms with Crippen LogP contribution in [0.4, 0.5) is 0 Å². The van der Waals surface area contributed by atoms with Crippen LogP contribution in [0.2, 0.25) is 0 Å². The van der Waals surface area contributed by atoms with E-state index in [1.807, 2.05) is 24.0 Å². The van der Waals surface area contributed by atoms with Crippen LogP contribution in [0, 0.1) is 5.92 Å². The second kappa shape index (κ2) is 7.68. The number of amides is 2. The molecule has 1 aliphatic rings. The number of hydrogen-bond donors (Lipinski definition) is 1. The molecule has 0 radical (unpaired) electrons. The van der Waals surface area contributed by atoms with Crippen molar-refractivity contribution in [3.8, 4) is 0 Å². The van der Waals surface area contributed by atoms with Crippen molar-refractivity contribution in [3.05, 3.63) is 48.0 Å². The third kappa shape index (κ3) is 4.19. The first-order chi connectivity index (χ1) is 12.0. The van der Waals surface area contributed by atoms with Crippen LogP contribution >= 0.6 is 0 Å². The Hall–Kier alpha value is -2.36. The average Bonchev–Trinajstić information content (AvgIpc) is 2.65. The van der Waals surface area contributed by atoms with Crippen molar-refractivity contribution in [3.63, 3.8) is 0 Å². The highest BCUT2D eigenvalue weighted by Gasteiger charge is 2.27. The van der Waals surface area contributed by atoms with Crippen LogP contribution in [0.5, 0.6) is 0 Å². The number of piperidine rings is 1. The molecule has 0 bridgehead atoms.